The first kappa shape index (κ1) is 18.0. The summed E-state index contributed by atoms with van der Waals surface area (Å²) in [4.78, 5) is 14.9. The number of benzene rings is 2. The topological polar surface area (TPSA) is 32.3 Å². The number of nitrogens with zero attached hydrogens (tertiary/aromatic N) is 1. The van der Waals surface area contributed by atoms with Crippen LogP contribution < -0.4 is 5.32 Å². The Labute approximate surface area is 155 Å². The molecule has 0 bridgehead atoms. The van der Waals surface area contributed by atoms with E-state index in [1.165, 1.54) is 18.4 Å². The van der Waals surface area contributed by atoms with Gasteiger partial charge in [-0.3, -0.25) is 9.69 Å². The van der Waals surface area contributed by atoms with Crippen molar-refractivity contribution in [3.63, 3.8) is 0 Å². The first-order valence-electron chi connectivity index (χ1n) is 8.90. The molecule has 1 heterocycles. The van der Waals surface area contributed by atoms with Crippen LogP contribution in [0.4, 0.5) is 5.69 Å². The van der Waals surface area contributed by atoms with E-state index < -0.39 is 0 Å². The molecule has 3 rings (SSSR count). The van der Waals surface area contributed by atoms with Gasteiger partial charge in [-0.05, 0) is 74.2 Å². The molecule has 1 aliphatic rings. The molecule has 2 aromatic rings. The number of nitrogens with one attached hydrogen (secondary N) is 1. The molecule has 3 nitrogen and oxygen atoms in total. The van der Waals surface area contributed by atoms with E-state index in [1.807, 2.05) is 37.3 Å². The molecule has 0 unspecified atom stereocenters. The second-order valence-corrected chi connectivity index (χ2v) is 7.43. The smallest absolute Gasteiger partial charge is 0.255 e. The predicted molar refractivity (Wildman–Crippen MR) is 104 cm³/mol. The molecule has 4 heteroatoms. The van der Waals surface area contributed by atoms with E-state index in [0.717, 1.165) is 36.8 Å². The van der Waals surface area contributed by atoms with Crippen molar-refractivity contribution >= 4 is 23.2 Å². The van der Waals surface area contributed by atoms with Crippen LogP contribution in [-0.4, -0.2) is 23.9 Å². The van der Waals surface area contributed by atoms with Gasteiger partial charge in [-0.15, -0.1) is 0 Å². The van der Waals surface area contributed by atoms with Crippen LogP contribution in [0.3, 0.4) is 0 Å². The molecule has 0 radical (unpaired) electrons. The van der Waals surface area contributed by atoms with Crippen molar-refractivity contribution in [3.05, 3.63) is 64.2 Å². The standard InChI is InChI=1S/C21H25ClN2O/c1-15-10-12-24(13-11-15)14-17-6-8-18(9-7-17)21(25)23-20-5-3-4-19(22)16(20)2/h3-9,15H,10-14H2,1-2H3,(H,23,25). The number of halogens is 1. The molecular weight excluding hydrogens is 332 g/mol. The first-order valence-corrected chi connectivity index (χ1v) is 9.28. The van der Waals surface area contributed by atoms with E-state index in [1.54, 1.807) is 0 Å². The molecule has 25 heavy (non-hydrogen) atoms. The van der Waals surface area contributed by atoms with Gasteiger partial charge in [0.25, 0.3) is 5.91 Å². The largest absolute Gasteiger partial charge is 0.322 e. The zero-order valence-electron chi connectivity index (χ0n) is 14.9. The third-order valence-electron chi connectivity index (χ3n) is 5.01. The van der Waals surface area contributed by atoms with E-state index in [4.69, 9.17) is 11.6 Å². The summed E-state index contributed by atoms with van der Waals surface area (Å²) in [6, 6.07) is 13.4. The molecule has 0 saturated carbocycles. The molecule has 1 amide bonds. The minimum Gasteiger partial charge on any atom is -0.322 e. The Hall–Kier alpha value is -1.84. The molecule has 1 fully saturated rings. The van der Waals surface area contributed by atoms with Crippen LogP contribution in [0.1, 0.15) is 41.3 Å². The summed E-state index contributed by atoms with van der Waals surface area (Å²) in [7, 11) is 0. The average molecular weight is 357 g/mol. The van der Waals surface area contributed by atoms with Crippen LogP contribution in [0.5, 0.6) is 0 Å². The summed E-state index contributed by atoms with van der Waals surface area (Å²) in [6.07, 6.45) is 2.55. The Bertz CT molecular complexity index is 734. The van der Waals surface area contributed by atoms with E-state index in [0.29, 0.717) is 10.6 Å². The van der Waals surface area contributed by atoms with Crippen molar-refractivity contribution in [2.24, 2.45) is 5.92 Å². The van der Waals surface area contributed by atoms with Crippen molar-refractivity contribution < 1.29 is 4.79 Å². The Morgan fingerprint density at radius 1 is 1.16 bits per heavy atom. The molecule has 132 valence electrons. The van der Waals surface area contributed by atoms with Gasteiger partial charge in [0.05, 0.1) is 0 Å². The molecule has 0 atom stereocenters. The average Bonchev–Trinajstić information content (AvgIpc) is 2.61. The van der Waals surface area contributed by atoms with E-state index >= 15 is 0 Å². The van der Waals surface area contributed by atoms with Gasteiger partial charge in [-0.25, -0.2) is 0 Å². The second kappa shape index (κ2) is 8.03. The van der Waals surface area contributed by atoms with Crippen molar-refractivity contribution in [2.75, 3.05) is 18.4 Å². The summed E-state index contributed by atoms with van der Waals surface area (Å²) in [6.45, 7) is 7.52. The Kier molecular flexibility index (Phi) is 5.77. The van der Waals surface area contributed by atoms with E-state index in [9.17, 15) is 4.79 Å². The van der Waals surface area contributed by atoms with Crippen LogP contribution in [0.15, 0.2) is 42.5 Å². The first-order chi connectivity index (χ1) is 12.0. The highest BCUT2D eigenvalue weighted by Crippen LogP contribution is 2.23. The van der Waals surface area contributed by atoms with Crippen LogP contribution in [0.25, 0.3) is 0 Å². The lowest BCUT2D eigenvalue weighted by molar-refractivity contribution is 0.102. The fraction of sp³-hybridized carbons (Fsp3) is 0.381. The molecule has 1 saturated heterocycles. The van der Waals surface area contributed by atoms with Crippen LogP contribution >= 0.6 is 11.6 Å². The Balaban J connectivity index is 1.61. The number of hydrogen-bond donors (Lipinski definition) is 1. The van der Waals surface area contributed by atoms with Gasteiger partial charge in [0.2, 0.25) is 0 Å². The van der Waals surface area contributed by atoms with Gasteiger partial charge in [0.15, 0.2) is 0 Å². The minimum atomic E-state index is -0.108. The summed E-state index contributed by atoms with van der Waals surface area (Å²) >= 11 is 6.11. The fourth-order valence-corrected chi connectivity index (χ4v) is 3.35. The van der Waals surface area contributed by atoms with Gasteiger partial charge in [0.1, 0.15) is 0 Å². The number of likely N-dealkylation sites (tertiary alicyclic amines) is 1. The second-order valence-electron chi connectivity index (χ2n) is 7.02. The predicted octanol–water partition coefficient (Wildman–Crippen LogP) is 5.13. The Morgan fingerprint density at radius 2 is 1.84 bits per heavy atom. The van der Waals surface area contributed by atoms with Gasteiger partial charge in [-0.2, -0.15) is 0 Å². The van der Waals surface area contributed by atoms with Gasteiger partial charge in [0, 0.05) is 22.8 Å². The number of anilines is 1. The maximum atomic E-state index is 12.5. The van der Waals surface area contributed by atoms with Crippen LogP contribution in [-0.2, 0) is 6.54 Å². The van der Waals surface area contributed by atoms with E-state index in [2.05, 4.69) is 29.3 Å². The Morgan fingerprint density at radius 3 is 2.52 bits per heavy atom. The SMILES string of the molecule is Cc1c(Cl)cccc1NC(=O)c1ccc(CN2CCC(C)CC2)cc1. The minimum absolute atomic E-state index is 0.108. The molecule has 1 aliphatic heterocycles. The van der Waals surface area contributed by atoms with Gasteiger partial charge >= 0.3 is 0 Å². The highest BCUT2D eigenvalue weighted by atomic mass is 35.5. The number of hydrogen-bond acceptors (Lipinski definition) is 2. The van der Waals surface area contributed by atoms with Crippen molar-refractivity contribution in [1.82, 2.24) is 4.90 Å². The monoisotopic (exact) mass is 356 g/mol. The normalized spacial score (nSPS) is 16.0. The lowest BCUT2D eigenvalue weighted by Crippen LogP contribution is -2.32. The van der Waals surface area contributed by atoms with E-state index in [-0.39, 0.29) is 5.91 Å². The lowest BCUT2D eigenvalue weighted by Gasteiger charge is -2.30. The van der Waals surface area contributed by atoms with Crippen LogP contribution in [0.2, 0.25) is 5.02 Å². The highest BCUT2D eigenvalue weighted by Gasteiger charge is 2.16. The quantitative estimate of drug-likeness (QED) is 0.823. The number of rotatable bonds is 4. The summed E-state index contributed by atoms with van der Waals surface area (Å²) in [5.74, 6) is 0.737. The summed E-state index contributed by atoms with van der Waals surface area (Å²) in [5, 5.41) is 3.60. The maximum absolute atomic E-state index is 12.5. The maximum Gasteiger partial charge on any atom is 0.255 e. The molecule has 2 aromatic carbocycles. The number of amides is 1. The molecule has 0 aliphatic carbocycles. The van der Waals surface area contributed by atoms with Crippen molar-refractivity contribution in [3.8, 4) is 0 Å². The van der Waals surface area contributed by atoms with Crippen LogP contribution in [0, 0.1) is 12.8 Å². The third kappa shape index (κ3) is 4.62. The zero-order valence-corrected chi connectivity index (χ0v) is 15.6. The highest BCUT2D eigenvalue weighted by molar-refractivity contribution is 6.31. The molecule has 0 spiro atoms. The number of carbonyl (C=O) groups excluding carboxylic acids is 1. The molecule has 0 aromatic heterocycles. The van der Waals surface area contributed by atoms with Gasteiger partial charge in [-0.1, -0.05) is 36.7 Å². The molecule has 1 N–H and O–H groups in total. The van der Waals surface area contributed by atoms with Crippen molar-refractivity contribution in [2.45, 2.75) is 33.2 Å². The summed E-state index contributed by atoms with van der Waals surface area (Å²) in [5.41, 5.74) is 3.55. The fourth-order valence-electron chi connectivity index (χ4n) is 3.18. The third-order valence-corrected chi connectivity index (χ3v) is 5.42. The lowest BCUT2D eigenvalue weighted by atomic mass is 9.99. The summed E-state index contributed by atoms with van der Waals surface area (Å²) < 4.78 is 0. The van der Waals surface area contributed by atoms with Crippen molar-refractivity contribution in [1.29, 1.82) is 0 Å². The molecular formula is C21H25ClN2O. The van der Waals surface area contributed by atoms with Gasteiger partial charge < -0.3 is 5.32 Å². The number of carbonyl (C=O) groups is 1. The number of piperidine rings is 1. The zero-order chi connectivity index (χ0) is 17.8.